The minimum Gasteiger partial charge on any atom is -0.230 e. The smallest absolute Gasteiger partial charge is 0.188 e. The zero-order chi connectivity index (χ0) is 13.8. The van der Waals surface area contributed by atoms with Crippen molar-refractivity contribution in [3.63, 3.8) is 0 Å². The molecule has 7 heteroatoms. The Morgan fingerprint density at radius 1 is 1.32 bits per heavy atom. The standard InChI is InChI=1S/C12H9BrCl2N2S2/c1-18-12-16-5-9(13)11(17-12)19-6-7-2-3-8(14)4-10(7)15/h2-5H,6H2,1H3. The van der Waals surface area contributed by atoms with Crippen LogP contribution in [0.1, 0.15) is 5.56 Å². The van der Waals surface area contributed by atoms with Crippen LogP contribution in [0.4, 0.5) is 0 Å². The van der Waals surface area contributed by atoms with E-state index in [9.17, 15) is 0 Å². The van der Waals surface area contributed by atoms with Gasteiger partial charge in [0.2, 0.25) is 0 Å². The zero-order valence-corrected chi connectivity index (χ0v) is 14.6. The van der Waals surface area contributed by atoms with Gasteiger partial charge in [0.1, 0.15) is 5.03 Å². The molecule has 0 unspecified atom stereocenters. The second-order valence-corrected chi connectivity index (χ2v) is 6.97. The molecule has 0 aliphatic rings. The van der Waals surface area contributed by atoms with Crippen LogP contribution in [-0.2, 0) is 5.75 Å². The van der Waals surface area contributed by atoms with Gasteiger partial charge in [-0.3, -0.25) is 0 Å². The van der Waals surface area contributed by atoms with Gasteiger partial charge in [-0.2, -0.15) is 0 Å². The van der Waals surface area contributed by atoms with Gasteiger partial charge in [0.05, 0.1) is 4.47 Å². The third-order valence-electron chi connectivity index (χ3n) is 2.25. The highest BCUT2D eigenvalue weighted by Gasteiger charge is 2.08. The molecule has 0 aliphatic heterocycles. The van der Waals surface area contributed by atoms with Gasteiger partial charge in [0.15, 0.2) is 5.16 Å². The SMILES string of the molecule is CSc1ncc(Br)c(SCc2ccc(Cl)cc2Cl)n1. The number of hydrogen-bond acceptors (Lipinski definition) is 4. The molecular weight excluding hydrogens is 387 g/mol. The Kier molecular flexibility index (Phi) is 5.84. The number of halogens is 3. The summed E-state index contributed by atoms with van der Waals surface area (Å²) in [6, 6.07) is 5.52. The van der Waals surface area contributed by atoms with Crippen LogP contribution in [-0.4, -0.2) is 16.2 Å². The van der Waals surface area contributed by atoms with Crippen molar-refractivity contribution in [3.05, 3.63) is 44.5 Å². The molecule has 0 radical (unpaired) electrons. The maximum Gasteiger partial charge on any atom is 0.188 e. The quantitative estimate of drug-likeness (QED) is 0.384. The Hall–Kier alpha value is 0.0600. The molecule has 0 N–H and O–H groups in total. The first kappa shape index (κ1) is 15.4. The van der Waals surface area contributed by atoms with E-state index in [-0.39, 0.29) is 0 Å². The largest absolute Gasteiger partial charge is 0.230 e. The second-order valence-electron chi connectivity index (χ2n) is 3.53. The van der Waals surface area contributed by atoms with Gasteiger partial charge < -0.3 is 0 Å². The summed E-state index contributed by atoms with van der Waals surface area (Å²) in [4.78, 5) is 8.64. The first-order valence-electron chi connectivity index (χ1n) is 5.23. The average Bonchev–Trinajstić information content (AvgIpc) is 2.39. The van der Waals surface area contributed by atoms with E-state index in [1.165, 1.54) is 11.8 Å². The first-order valence-corrected chi connectivity index (χ1v) is 8.99. The molecule has 1 heterocycles. The Balaban J connectivity index is 2.14. The van der Waals surface area contributed by atoms with Crippen molar-refractivity contribution in [2.75, 3.05) is 6.26 Å². The molecule has 0 fully saturated rings. The van der Waals surface area contributed by atoms with Crippen LogP contribution in [0.25, 0.3) is 0 Å². The lowest BCUT2D eigenvalue weighted by atomic mass is 10.2. The fraction of sp³-hybridized carbons (Fsp3) is 0.167. The fourth-order valence-electron chi connectivity index (χ4n) is 1.32. The van der Waals surface area contributed by atoms with Crippen LogP contribution in [0.2, 0.25) is 10.0 Å². The molecule has 1 aromatic heterocycles. The van der Waals surface area contributed by atoms with Gasteiger partial charge in [0, 0.05) is 22.0 Å². The Morgan fingerprint density at radius 3 is 2.79 bits per heavy atom. The van der Waals surface area contributed by atoms with Crippen molar-refractivity contribution in [3.8, 4) is 0 Å². The molecule has 100 valence electrons. The number of benzene rings is 1. The molecule has 0 saturated carbocycles. The highest BCUT2D eigenvalue weighted by atomic mass is 79.9. The summed E-state index contributed by atoms with van der Waals surface area (Å²) in [5.41, 5.74) is 1.03. The Morgan fingerprint density at radius 2 is 2.11 bits per heavy atom. The Bertz CT molecular complexity index is 596. The lowest BCUT2D eigenvalue weighted by Gasteiger charge is -2.06. The van der Waals surface area contributed by atoms with Crippen molar-refractivity contribution in [1.82, 2.24) is 9.97 Å². The van der Waals surface area contributed by atoms with Crippen molar-refractivity contribution in [2.45, 2.75) is 15.9 Å². The summed E-state index contributed by atoms with van der Waals surface area (Å²) >= 11 is 18.6. The van der Waals surface area contributed by atoms with Crippen LogP contribution < -0.4 is 0 Å². The molecule has 0 bridgehead atoms. The molecule has 0 atom stereocenters. The van der Waals surface area contributed by atoms with Gasteiger partial charge in [-0.15, -0.1) is 11.8 Å². The van der Waals surface area contributed by atoms with E-state index in [0.29, 0.717) is 10.0 Å². The molecule has 2 aromatic rings. The summed E-state index contributed by atoms with van der Waals surface area (Å²) in [6.07, 6.45) is 3.72. The van der Waals surface area contributed by atoms with Crippen LogP contribution >= 0.6 is 62.7 Å². The predicted molar refractivity (Wildman–Crippen MR) is 87.5 cm³/mol. The molecule has 0 aliphatic carbocycles. The topological polar surface area (TPSA) is 25.8 Å². The molecule has 0 spiro atoms. The maximum atomic E-state index is 6.15. The van der Waals surface area contributed by atoms with Gasteiger partial charge in [0.25, 0.3) is 0 Å². The van der Waals surface area contributed by atoms with Crippen LogP contribution in [0.3, 0.4) is 0 Å². The summed E-state index contributed by atoms with van der Waals surface area (Å²) < 4.78 is 0.889. The summed E-state index contributed by atoms with van der Waals surface area (Å²) in [6.45, 7) is 0. The third kappa shape index (κ3) is 4.26. The van der Waals surface area contributed by atoms with E-state index in [1.54, 1.807) is 24.0 Å². The predicted octanol–water partition coefficient (Wildman–Crippen LogP) is 5.56. The number of rotatable bonds is 4. The van der Waals surface area contributed by atoms with Crippen LogP contribution in [0, 0.1) is 0 Å². The summed E-state index contributed by atoms with van der Waals surface area (Å²) in [5.74, 6) is 0.736. The highest BCUT2D eigenvalue weighted by Crippen LogP contribution is 2.31. The van der Waals surface area contributed by atoms with Gasteiger partial charge in [-0.25, -0.2) is 9.97 Å². The van der Waals surface area contributed by atoms with E-state index in [0.717, 1.165) is 26.0 Å². The lowest BCUT2D eigenvalue weighted by molar-refractivity contribution is 0.880. The van der Waals surface area contributed by atoms with Crippen molar-refractivity contribution >= 4 is 62.7 Å². The van der Waals surface area contributed by atoms with Crippen LogP contribution in [0.5, 0.6) is 0 Å². The molecule has 0 saturated heterocycles. The van der Waals surface area contributed by atoms with E-state index < -0.39 is 0 Å². The minimum absolute atomic E-state index is 0.645. The number of thioether (sulfide) groups is 2. The first-order chi connectivity index (χ1) is 9.10. The second kappa shape index (κ2) is 7.18. The lowest BCUT2D eigenvalue weighted by Crippen LogP contribution is -1.90. The van der Waals surface area contributed by atoms with E-state index in [4.69, 9.17) is 23.2 Å². The maximum absolute atomic E-state index is 6.15. The van der Waals surface area contributed by atoms with E-state index >= 15 is 0 Å². The molecule has 2 rings (SSSR count). The number of aromatic nitrogens is 2. The minimum atomic E-state index is 0.645. The van der Waals surface area contributed by atoms with Crippen LogP contribution in [0.15, 0.2) is 39.1 Å². The Labute approximate surface area is 138 Å². The molecular formula is C12H9BrCl2N2S2. The molecule has 1 aromatic carbocycles. The third-order valence-corrected chi connectivity index (χ3v) is 5.28. The molecule has 19 heavy (non-hydrogen) atoms. The van der Waals surface area contributed by atoms with Crippen molar-refractivity contribution in [2.24, 2.45) is 0 Å². The average molecular weight is 396 g/mol. The van der Waals surface area contributed by atoms with Gasteiger partial charge in [-0.05, 0) is 39.9 Å². The monoisotopic (exact) mass is 394 g/mol. The fourth-order valence-corrected chi connectivity index (χ4v) is 3.69. The van der Waals surface area contributed by atoms with Gasteiger partial charge >= 0.3 is 0 Å². The number of hydrogen-bond donors (Lipinski definition) is 0. The highest BCUT2D eigenvalue weighted by molar-refractivity contribution is 9.10. The molecule has 2 nitrogen and oxygen atoms in total. The van der Waals surface area contributed by atoms with E-state index in [2.05, 4.69) is 25.9 Å². The zero-order valence-electron chi connectivity index (χ0n) is 9.86. The normalized spacial score (nSPS) is 10.7. The van der Waals surface area contributed by atoms with Gasteiger partial charge in [-0.1, -0.05) is 41.0 Å². The molecule has 0 amide bonds. The summed E-state index contributed by atoms with van der Waals surface area (Å²) in [7, 11) is 0. The summed E-state index contributed by atoms with van der Waals surface area (Å²) in [5, 5.41) is 2.99. The van der Waals surface area contributed by atoms with Crippen molar-refractivity contribution < 1.29 is 0 Å². The number of nitrogens with zero attached hydrogens (tertiary/aromatic N) is 2. The van der Waals surface area contributed by atoms with Crippen molar-refractivity contribution in [1.29, 1.82) is 0 Å². The van der Waals surface area contributed by atoms with E-state index in [1.807, 2.05) is 18.4 Å².